The number of benzene rings is 1. The van der Waals surface area contributed by atoms with Gasteiger partial charge in [0.25, 0.3) is 0 Å². The number of ether oxygens (including phenoxy) is 3. The molecule has 0 unspecified atom stereocenters. The number of aldehydes is 1. The van der Waals surface area contributed by atoms with Crippen LogP contribution in [0.25, 0.3) is 0 Å². The molecule has 19 heavy (non-hydrogen) atoms. The molecule has 0 amide bonds. The molecule has 0 saturated carbocycles. The second-order valence-corrected chi connectivity index (χ2v) is 5.17. The predicted molar refractivity (Wildman–Crippen MR) is 70.6 cm³/mol. The molecule has 1 aliphatic rings. The quantitative estimate of drug-likeness (QED) is 0.766. The largest absolute Gasteiger partial charge is 0.374 e. The highest BCUT2D eigenvalue weighted by atomic mass is 16.7. The van der Waals surface area contributed by atoms with E-state index in [9.17, 15) is 4.79 Å². The number of carbonyl (C=O) groups excluding carboxylic acids is 1. The molecule has 0 aromatic heterocycles. The van der Waals surface area contributed by atoms with Crippen LogP contribution < -0.4 is 0 Å². The number of hydrogen-bond donors (Lipinski definition) is 0. The maximum atomic E-state index is 10.9. The van der Waals surface area contributed by atoms with Gasteiger partial charge in [-0.3, -0.25) is 0 Å². The minimum atomic E-state index is -0.732. The molecule has 104 valence electrons. The molecule has 2 atom stereocenters. The summed E-state index contributed by atoms with van der Waals surface area (Å²) in [6.45, 7) is 4.64. The third-order valence-electron chi connectivity index (χ3n) is 2.95. The van der Waals surface area contributed by atoms with Crippen molar-refractivity contribution in [2.24, 2.45) is 0 Å². The Balaban J connectivity index is 1.80. The first-order valence-corrected chi connectivity index (χ1v) is 6.52. The molecule has 2 rings (SSSR count). The van der Waals surface area contributed by atoms with E-state index >= 15 is 0 Å². The van der Waals surface area contributed by atoms with Gasteiger partial charge in [0.1, 0.15) is 12.4 Å². The maximum Gasteiger partial charge on any atom is 0.164 e. The zero-order valence-corrected chi connectivity index (χ0v) is 11.4. The standard InChI is InChI=1S/C15H20O4/c1-15(2)18-13(9-16)8-14(19-15)11-17-10-12-6-4-3-5-7-12/h3-7,9,13-14H,8,10-11H2,1-2H3/t13-,14-/m1/s1. The van der Waals surface area contributed by atoms with Crippen LogP contribution in [0.5, 0.6) is 0 Å². The molecular weight excluding hydrogens is 244 g/mol. The SMILES string of the molecule is CC1(C)O[C@@H](COCc2ccccc2)C[C@H](C=O)O1. The fourth-order valence-corrected chi connectivity index (χ4v) is 2.22. The molecule has 1 aliphatic heterocycles. The van der Waals surface area contributed by atoms with Gasteiger partial charge < -0.3 is 19.0 Å². The third-order valence-corrected chi connectivity index (χ3v) is 2.95. The maximum absolute atomic E-state index is 10.9. The summed E-state index contributed by atoms with van der Waals surface area (Å²) in [6.07, 6.45) is 0.854. The fraction of sp³-hybridized carbons (Fsp3) is 0.533. The van der Waals surface area contributed by atoms with Crippen LogP contribution in [0.2, 0.25) is 0 Å². The molecule has 0 radical (unpaired) electrons. The summed E-state index contributed by atoms with van der Waals surface area (Å²) in [5, 5.41) is 0. The summed E-state index contributed by atoms with van der Waals surface area (Å²) in [7, 11) is 0. The van der Waals surface area contributed by atoms with E-state index in [-0.39, 0.29) is 6.10 Å². The summed E-state index contributed by atoms with van der Waals surface area (Å²) in [4.78, 5) is 10.9. The van der Waals surface area contributed by atoms with Crippen molar-refractivity contribution in [2.45, 2.75) is 44.9 Å². The average Bonchev–Trinajstić information content (AvgIpc) is 2.38. The van der Waals surface area contributed by atoms with Crippen LogP contribution in [0.4, 0.5) is 0 Å². The van der Waals surface area contributed by atoms with Gasteiger partial charge >= 0.3 is 0 Å². The van der Waals surface area contributed by atoms with Crippen molar-refractivity contribution in [3.63, 3.8) is 0 Å². The molecular formula is C15H20O4. The second kappa shape index (κ2) is 6.28. The summed E-state index contributed by atoms with van der Waals surface area (Å²) in [5.74, 6) is -0.732. The monoisotopic (exact) mass is 264 g/mol. The normalized spacial score (nSPS) is 26.0. The van der Waals surface area contributed by atoms with Gasteiger partial charge in [0, 0.05) is 6.42 Å². The van der Waals surface area contributed by atoms with Gasteiger partial charge in [-0.15, -0.1) is 0 Å². The minimum Gasteiger partial charge on any atom is -0.374 e. The predicted octanol–water partition coefficient (Wildman–Crippen LogP) is 2.31. The van der Waals surface area contributed by atoms with Crippen LogP contribution >= 0.6 is 0 Å². The van der Waals surface area contributed by atoms with Crippen molar-refractivity contribution in [3.05, 3.63) is 35.9 Å². The van der Waals surface area contributed by atoms with Crippen molar-refractivity contribution < 1.29 is 19.0 Å². The smallest absolute Gasteiger partial charge is 0.164 e. The number of carbonyl (C=O) groups is 1. The van der Waals surface area contributed by atoms with Crippen LogP contribution in [0.15, 0.2) is 30.3 Å². The molecule has 0 aliphatic carbocycles. The topological polar surface area (TPSA) is 44.8 Å². The van der Waals surface area contributed by atoms with E-state index < -0.39 is 11.9 Å². The van der Waals surface area contributed by atoms with Crippen molar-refractivity contribution >= 4 is 6.29 Å². The lowest BCUT2D eigenvalue weighted by Gasteiger charge is -2.38. The molecule has 0 N–H and O–H groups in total. The van der Waals surface area contributed by atoms with Gasteiger partial charge in [-0.2, -0.15) is 0 Å². The van der Waals surface area contributed by atoms with Crippen LogP contribution in [0, 0.1) is 0 Å². The Morgan fingerprint density at radius 3 is 2.74 bits per heavy atom. The van der Waals surface area contributed by atoms with E-state index in [0.29, 0.717) is 19.6 Å². The molecule has 1 aromatic rings. The molecule has 4 heteroatoms. The zero-order valence-electron chi connectivity index (χ0n) is 11.4. The van der Waals surface area contributed by atoms with Crippen LogP contribution in [0.3, 0.4) is 0 Å². The molecule has 0 spiro atoms. The van der Waals surface area contributed by atoms with Crippen molar-refractivity contribution in [2.75, 3.05) is 6.61 Å². The molecule has 0 bridgehead atoms. The van der Waals surface area contributed by atoms with Crippen LogP contribution in [0.1, 0.15) is 25.8 Å². The van der Waals surface area contributed by atoms with E-state index in [4.69, 9.17) is 14.2 Å². The summed E-state index contributed by atoms with van der Waals surface area (Å²) >= 11 is 0. The van der Waals surface area contributed by atoms with Gasteiger partial charge in [-0.1, -0.05) is 30.3 Å². The minimum absolute atomic E-state index is 0.109. The van der Waals surface area contributed by atoms with Gasteiger partial charge in [0.05, 0.1) is 19.3 Å². The lowest BCUT2D eigenvalue weighted by molar-refractivity contribution is -0.297. The lowest BCUT2D eigenvalue weighted by atomic mass is 10.1. The Morgan fingerprint density at radius 2 is 2.05 bits per heavy atom. The first kappa shape index (κ1) is 14.2. The fourth-order valence-electron chi connectivity index (χ4n) is 2.22. The Bertz CT molecular complexity index is 402. The Hall–Kier alpha value is -1.23. The first-order valence-electron chi connectivity index (χ1n) is 6.52. The van der Waals surface area contributed by atoms with Crippen LogP contribution in [-0.2, 0) is 25.6 Å². The molecule has 1 fully saturated rings. The van der Waals surface area contributed by atoms with E-state index in [2.05, 4.69) is 0 Å². The second-order valence-electron chi connectivity index (χ2n) is 5.17. The van der Waals surface area contributed by atoms with Crippen LogP contribution in [-0.4, -0.2) is 30.9 Å². The molecule has 4 nitrogen and oxygen atoms in total. The van der Waals surface area contributed by atoms with Gasteiger partial charge in [0.2, 0.25) is 0 Å². The molecule has 1 saturated heterocycles. The highest BCUT2D eigenvalue weighted by Gasteiger charge is 2.35. The van der Waals surface area contributed by atoms with Crippen molar-refractivity contribution in [1.82, 2.24) is 0 Å². The summed E-state index contributed by atoms with van der Waals surface area (Å²) in [5.41, 5.74) is 1.13. The Labute approximate surface area is 113 Å². The first-order chi connectivity index (χ1) is 9.09. The van der Waals surface area contributed by atoms with Crippen molar-refractivity contribution in [1.29, 1.82) is 0 Å². The van der Waals surface area contributed by atoms with E-state index in [0.717, 1.165) is 11.8 Å². The molecule has 1 aromatic carbocycles. The molecule has 1 heterocycles. The zero-order chi connectivity index (χ0) is 13.7. The van der Waals surface area contributed by atoms with E-state index in [1.54, 1.807) is 0 Å². The van der Waals surface area contributed by atoms with Gasteiger partial charge in [-0.25, -0.2) is 0 Å². The Morgan fingerprint density at radius 1 is 1.32 bits per heavy atom. The lowest BCUT2D eigenvalue weighted by Crippen LogP contribution is -2.46. The van der Waals surface area contributed by atoms with Gasteiger partial charge in [0.15, 0.2) is 5.79 Å². The Kier molecular flexibility index (Phi) is 4.69. The van der Waals surface area contributed by atoms with Crippen molar-refractivity contribution in [3.8, 4) is 0 Å². The average molecular weight is 264 g/mol. The summed E-state index contributed by atoms with van der Waals surface area (Å²) in [6, 6.07) is 9.97. The number of hydrogen-bond acceptors (Lipinski definition) is 4. The highest BCUT2D eigenvalue weighted by molar-refractivity contribution is 5.56. The summed E-state index contributed by atoms with van der Waals surface area (Å²) < 4.78 is 16.9. The highest BCUT2D eigenvalue weighted by Crippen LogP contribution is 2.26. The third kappa shape index (κ3) is 4.42. The van der Waals surface area contributed by atoms with Gasteiger partial charge in [-0.05, 0) is 19.4 Å². The van der Waals surface area contributed by atoms with E-state index in [1.165, 1.54) is 0 Å². The number of rotatable bonds is 5. The van der Waals surface area contributed by atoms with E-state index in [1.807, 2.05) is 44.2 Å².